The van der Waals surface area contributed by atoms with E-state index in [2.05, 4.69) is 5.32 Å². The molecule has 0 aliphatic rings. The molecule has 0 unspecified atom stereocenters. The molecular formula is C18H16N4O3S. The van der Waals surface area contributed by atoms with E-state index in [1.165, 1.54) is 30.3 Å². The van der Waals surface area contributed by atoms with Gasteiger partial charge in [-0.25, -0.2) is 8.42 Å². The number of hydrogen-bond acceptors (Lipinski definition) is 5. The maximum atomic E-state index is 12.1. The van der Waals surface area contributed by atoms with Gasteiger partial charge in [-0.3, -0.25) is 9.10 Å². The van der Waals surface area contributed by atoms with Gasteiger partial charge in [-0.1, -0.05) is 6.07 Å². The first-order valence-electron chi connectivity index (χ1n) is 7.61. The van der Waals surface area contributed by atoms with E-state index in [1.807, 2.05) is 12.1 Å². The summed E-state index contributed by atoms with van der Waals surface area (Å²) in [7, 11) is -3.59. The van der Waals surface area contributed by atoms with E-state index in [1.54, 1.807) is 18.2 Å². The largest absolute Gasteiger partial charge is 0.326 e. The Bertz CT molecular complexity index is 986. The van der Waals surface area contributed by atoms with Crippen LogP contribution in [0.15, 0.2) is 48.5 Å². The summed E-state index contributed by atoms with van der Waals surface area (Å²) < 4.78 is 25.2. The highest BCUT2D eigenvalue weighted by Gasteiger charge is 2.18. The van der Waals surface area contributed by atoms with Gasteiger partial charge in [-0.15, -0.1) is 0 Å². The number of anilines is 2. The number of rotatable bonds is 6. The third kappa shape index (κ3) is 5.07. The van der Waals surface area contributed by atoms with Crippen molar-refractivity contribution in [2.45, 2.75) is 6.42 Å². The van der Waals surface area contributed by atoms with Gasteiger partial charge in [0.05, 0.1) is 35.2 Å². The number of nitriles is 2. The van der Waals surface area contributed by atoms with Gasteiger partial charge in [0.1, 0.15) is 0 Å². The van der Waals surface area contributed by atoms with Crippen LogP contribution in [0.5, 0.6) is 0 Å². The Kier molecular flexibility index (Phi) is 5.94. The standard InChI is InChI=1S/C18H16N4O3S/c1-26(24,25)22(17-7-5-14(12-19)6-8-17)10-9-18(23)21-16-4-2-3-15(11-16)13-20/h2-8,11H,9-10H2,1H3,(H,21,23). The van der Waals surface area contributed by atoms with E-state index in [-0.39, 0.29) is 18.9 Å². The Hall–Kier alpha value is -3.36. The average Bonchev–Trinajstić information content (AvgIpc) is 2.61. The fourth-order valence-electron chi connectivity index (χ4n) is 2.28. The van der Waals surface area contributed by atoms with E-state index < -0.39 is 10.0 Å². The molecule has 0 saturated carbocycles. The van der Waals surface area contributed by atoms with Crippen molar-refractivity contribution in [3.05, 3.63) is 59.7 Å². The predicted molar refractivity (Wildman–Crippen MR) is 97.8 cm³/mol. The van der Waals surface area contributed by atoms with Crippen molar-refractivity contribution in [3.8, 4) is 12.1 Å². The van der Waals surface area contributed by atoms with Gasteiger partial charge < -0.3 is 5.32 Å². The second kappa shape index (κ2) is 8.15. The minimum atomic E-state index is -3.59. The maximum Gasteiger partial charge on any atom is 0.232 e. The molecule has 2 rings (SSSR count). The molecule has 1 N–H and O–H groups in total. The lowest BCUT2D eigenvalue weighted by atomic mass is 10.2. The summed E-state index contributed by atoms with van der Waals surface area (Å²) in [6.07, 6.45) is 0.989. The molecule has 2 aromatic carbocycles. The first-order chi connectivity index (χ1) is 12.3. The van der Waals surface area contributed by atoms with E-state index in [0.29, 0.717) is 22.5 Å². The molecule has 0 radical (unpaired) electrons. The number of amides is 1. The van der Waals surface area contributed by atoms with Gasteiger partial charge in [0.2, 0.25) is 15.9 Å². The number of benzene rings is 2. The lowest BCUT2D eigenvalue weighted by molar-refractivity contribution is -0.116. The summed E-state index contributed by atoms with van der Waals surface area (Å²) >= 11 is 0. The molecule has 1 amide bonds. The van der Waals surface area contributed by atoms with Gasteiger partial charge in [-0.05, 0) is 42.5 Å². The molecular weight excluding hydrogens is 352 g/mol. The van der Waals surface area contributed by atoms with E-state index in [4.69, 9.17) is 10.5 Å². The molecule has 0 fully saturated rings. The Labute approximate surface area is 152 Å². The van der Waals surface area contributed by atoms with Crippen LogP contribution in [0.4, 0.5) is 11.4 Å². The zero-order chi connectivity index (χ0) is 19.2. The van der Waals surface area contributed by atoms with Crippen LogP contribution in [-0.2, 0) is 14.8 Å². The van der Waals surface area contributed by atoms with Gasteiger partial charge >= 0.3 is 0 Å². The average molecular weight is 368 g/mol. The van der Waals surface area contributed by atoms with E-state index >= 15 is 0 Å². The molecule has 2 aromatic rings. The molecule has 7 nitrogen and oxygen atoms in total. The van der Waals surface area contributed by atoms with Crippen molar-refractivity contribution in [2.75, 3.05) is 22.4 Å². The summed E-state index contributed by atoms with van der Waals surface area (Å²) in [6, 6.07) is 16.5. The van der Waals surface area contributed by atoms with Gasteiger partial charge in [0, 0.05) is 18.7 Å². The predicted octanol–water partition coefficient (Wildman–Crippen LogP) is 2.22. The molecule has 0 aliphatic heterocycles. The van der Waals surface area contributed by atoms with Crippen molar-refractivity contribution in [1.82, 2.24) is 0 Å². The number of nitrogens with zero attached hydrogens (tertiary/aromatic N) is 3. The van der Waals surface area contributed by atoms with Crippen LogP contribution in [0.1, 0.15) is 17.5 Å². The normalized spacial score (nSPS) is 10.4. The molecule has 0 bridgehead atoms. The van der Waals surface area contributed by atoms with Gasteiger partial charge in [0.15, 0.2) is 0 Å². The Morgan fingerprint density at radius 2 is 1.73 bits per heavy atom. The summed E-state index contributed by atoms with van der Waals surface area (Å²) in [5.41, 5.74) is 1.68. The topological polar surface area (TPSA) is 114 Å². The minimum absolute atomic E-state index is 0.0471. The zero-order valence-electron chi connectivity index (χ0n) is 14.0. The summed E-state index contributed by atoms with van der Waals surface area (Å²) in [4.78, 5) is 12.1. The lowest BCUT2D eigenvalue weighted by Crippen LogP contribution is -2.33. The molecule has 8 heteroatoms. The fraction of sp³-hybridized carbons (Fsp3) is 0.167. The Morgan fingerprint density at radius 3 is 2.31 bits per heavy atom. The highest BCUT2D eigenvalue weighted by molar-refractivity contribution is 7.92. The lowest BCUT2D eigenvalue weighted by Gasteiger charge is -2.22. The van der Waals surface area contributed by atoms with Crippen molar-refractivity contribution < 1.29 is 13.2 Å². The van der Waals surface area contributed by atoms with Crippen LogP contribution in [0.25, 0.3) is 0 Å². The quantitative estimate of drug-likeness (QED) is 0.840. The summed E-state index contributed by atoms with van der Waals surface area (Å²) in [6.45, 7) is -0.0471. The third-order valence-corrected chi connectivity index (χ3v) is 4.70. The van der Waals surface area contributed by atoms with Crippen LogP contribution >= 0.6 is 0 Å². The smallest absolute Gasteiger partial charge is 0.232 e. The van der Waals surface area contributed by atoms with Gasteiger partial charge in [-0.2, -0.15) is 10.5 Å². The molecule has 26 heavy (non-hydrogen) atoms. The van der Waals surface area contributed by atoms with Gasteiger partial charge in [0.25, 0.3) is 0 Å². The van der Waals surface area contributed by atoms with Crippen molar-refractivity contribution in [2.24, 2.45) is 0 Å². The summed E-state index contributed by atoms with van der Waals surface area (Å²) in [5, 5.41) is 20.3. The van der Waals surface area contributed by atoms with Crippen LogP contribution in [-0.4, -0.2) is 27.1 Å². The number of carbonyl (C=O) groups excluding carboxylic acids is 1. The molecule has 0 heterocycles. The first kappa shape index (κ1) is 19.0. The highest BCUT2D eigenvalue weighted by atomic mass is 32.2. The molecule has 0 spiro atoms. The summed E-state index contributed by atoms with van der Waals surface area (Å²) in [5.74, 6) is -0.373. The fourth-order valence-corrected chi connectivity index (χ4v) is 3.21. The van der Waals surface area contributed by atoms with E-state index in [9.17, 15) is 13.2 Å². The number of carbonyl (C=O) groups is 1. The first-order valence-corrected chi connectivity index (χ1v) is 9.46. The third-order valence-electron chi connectivity index (χ3n) is 3.50. The Morgan fingerprint density at radius 1 is 1.08 bits per heavy atom. The highest BCUT2D eigenvalue weighted by Crippen LogP contribution is 2.19. The minimum Gasteiger partial charge on any atom is -0.326 e. The molecule has 0 aliphatic carbocycles. The zero-order valence-corrected chi connectivity index (χ0v) is 14.8. The van der Waals surface area contributed by atoms with Crippen molar-refractivity contribution >= 4 is 27.3 Å². The van der Waals surface area contributed by atoms with Crippen LogP contribution in [0, 0.1) is 22.7 Å². The Balaban J connectivity index is 2.08. The second-order valence-corrected chi connectivity index (χ2v) is 7.39. The monoisotopic (exact) mass is 368 g/mol. The van der Waals surface area contributed by atoms with Crippen molar-refractivity contribution in [1.29, 1.82) is 10.5 Å². The van der Waals surface area contributed by atoms with Crippen molar-refractivity contribution in [3.63, 3.8) is 0 Å². The van der Waals surface area contributed by atoms with E-state index in [0.717, 1.165) is 10.6 Å². The second-order valence-electron chi connectivity index (χ2n) is 5.48. The maximum absolute atomic E-state index is 12.1. The SMILES string of the molecule is CS(=O)(=O)N(CCC(=O)Nc1cccc(C#N)c1)c1ccc(C#N)cc1. The molecule has 0 saturated heterocycles. The number of sulfonamides is 1. The van der Waals surface area contributed by atoms with Crippen LogP contribution < -0.4 is 9.62 Å². The van der Waals surface area contributed by atoms with Crippen LogP contribution in [0.3, 0.4) is 0 Å². The van der Waals surface area contributed by atoms with Crippen LogP contribution in [0.2, 0.25) is 0 Å². The molecule has 0 atom stereocenters. The number of hydrogen-bond donors (Lipinski definition) is 1. The molecule has 132 valence electrons. The number of nitrogens with one attached hydrogen (secondary N) is 1. The molecule has 0 aromatic heterocycles.